The lowest BCUT2D eigenvalue weighted by Gasteiger charge is -2.33. The lowest BCUT2D eigenvalue weighted by Crippen LogP contribution is -2.45. The smallest absolute Gasteiger partial charge is 0.125 e. The van der Waals surface area contributed by atoms with Crippen molar-refractivity contribution in [3.8, 4) is 10.6 Å². The zero-order valence-electron chi connectivity index (χ0n) is 12.3. The van der Waals surface area contributed by atoms with E-state index in [-0.39, 0.29) is 0 Å². The van der Waals surface area contributed by atoms with Crippen LogP contribution in [0.3, 0.4) is 0 Å². The molecule has 0 unspecified atom stereocenters. The van der Waals surface area contributed by atoms with Gasteiger partial charge >= 0.3 is 0 Å². The van der Waals surface area contributed by atoms with Gasteiger partial charge < -0.3 is 4.90 Å². The first-order valence-corrected chi connectivity index (χ1v) is 8.66. The fraction of sp³-hybridized carbons (Fsp3) is 0.438. The summed E-state index contributed by atoms with van der Waals surface area (Å²) in [7, 11) is 0. The van der Waals surface area contributed by atoms with E-state index in [4.69, 9.17) is 16.6 Å². The Kier molecular flexibility index (Phi) is 4.91. The van der Waals surface area contributed by atoms with E-state index in [2.05, 4.69) is 22.1 Å². The molecule has 0 amide bonds. The molecule has 2 aromatic rings. The monoisotopic (exact) mass is 321 g/mol. The van der Waals surface area contributed by atoms with Crippen LogP contribution in [0.2, 0.25) is 5.02 Å². The third-order valence-electron chi connectivity index (χ3n) is 3.95. The number of hydrogen-bond donors (Lipinski definition) is 0. The van der Waals surface area contributed by atoms with E-state index in [1.165, 1.54) is 0 Å². The first-order valence-electron chi connectivity index (χ1n) is 7.40. The zero-order chi connectivity index (χ0) is 14.7. The van der Waals surface area contributed by atoms with E-state index in [9.17, 15) is 0 Å². The minimum Gasteiger partial charge on any atom is -0.301 e. The fourth-order valence-electron chi connectivity index (χ4n) is 2.63. The summed E-state index contributed by atoms with van der Waals surface area (Å²) in [6.45, 7) is 8.92. The first kappa shape index (κ1) is 15.0. The maximum absolute atomic E-state index is 6.24. The van der Waals surface area contributed by atoms with Crippen LogP contribution in [0.4, 0.5) is 0 Å². The molecule has 112 valence electrons. The van der Waals surface area contributed by atoms with Crippen molar-refractivity contribution in [2.75, 3.05) is 32.7 Å². The number of aromatic nitrogens is 1. The molecule has 5 heteroatoms. The van der Waals surface area contributed by atoms with Gasteiger partial charge in [-0.15, -0.1) is 11.3 Å². The van der Waals surface area contributed by atoms with Crippen LogP contribution in [-0.2, 0) is 6.54 Å². The number of thiazole rings is 1. The molecule has 1 aliphatic rings. The molecule has 1 aliphatic heterocycles. The van der Waals surface area contributed by atoms with Gasteiger partial charge in [0.05, 0.1) is 10.7 Å². The van der Waals surface area contributed by atoms with Crippen LogP contribution in [-0.4, -0.2) is 47.5 Å². The number of rotatable bonds is 4. The van der Waals surface area contributed by atoms with Gasteiger partial charge in [0.25, 0.3) is 0 Å². The summed E-state index contributed by atoms with van der Waals surface area (Å²) in [4.78, 5) is 9.73. The number of likely N-dealkylation sites (N-methyl/N-ethyl adjacent to an activating group) is 1. The van der Waals surface area contributed by atoms with Gasteiger partial charge in [-0.1, -0.05) is 36.7 Å². The Hall–Kier alpha value is -0.940. The molecule has 21 heavy (non-hydrogen) atoms. The van der Waals surface area contributed by atoms with Crippen LogP contribution in [0.25, 0.3) is 10.6 Å². The summed E-state index contributed by atoms with van der Waals surface area (Å²) in [5.41, 5.74) is 2.19. The second-order valence-electron chi connectivity index (χ2n) is 5.33. The van der Waals surface area contributed by atoms with Crippen molar-refractivity contribution in [3.05, 3.63) is 40.4 Å². The maximum Gasteiger partial charge on any atom is 0.125 e. The average molecular weight is 322 g/mol. The second-order valence-corrected chi connectivity index (χ2v) is 6.60. The van der Waals surface area contributed by atoms with Crippen molar-refractivity contribution in [1.29, 1.82) is 0 Å². The molecule has 0 aliphatic carbocycles. The van der Waals surface area contributed by atoms with Gasteiger partial charge in [0.1, 0.15) is 5.01 Å². The Morgan fingerprint density at radius 3 is 2.57 bits per heavy atom. The first-order chi connectivity index (χ1) is 10.3. The van der Waals surface area contributed by atoms with Crippen molar-refractivity contribution in [2.24, 2.45) is 0 Å². The van der Waals surface area contributed by atoms with Crippen LogP contribution in [0.1, 0.15) is 12.6 Å². The van der Waals surface area contributed by atoms with Gasteiger partial charge in [0.2, 0.25) is 0 Å². The molecule has 1 fully saturated rings. The summed E-state index contributed by atoms with van der Waals surface area (Å²) < 4.78 is 0. The van der Waals surface area contributed by atoms with E-state index in [1.807, 2.05) is 24.3 Å². The fourth-order valence-corrected chi connectivity index (χ4v) is 3.76. The zero-order valence-corrected chi connectivity index (χ0v) is 13.8. The van der Waals surface area contributed by atoms with E-state index < -0.39 is 0 Å². The molecule has 1 aromatic carbocycles. The summed E-state index contributed by atoms with van der Waals surface area (Å²) in [6, 6.07) is 7.91. The molecule has 3 rings (SSSR count). The lowest BCUT2D eigenvalue weighted by molar-refractivity contribution is 0.131. The normalized spacial score (nSPS) is 17.2. The molecular weight excluding hydrogens is 302 g/mol. The maximum atomic E-state index is 6.24. The average Bonchev–Trinajstić information content (AvgIpc) is 2.97. The second kappa shape index (κ2) is 6.88. The minimum atomic E-state index is 0.773. The molecule has 0 saturated carbocycles. The Morgan fingerprint density at radius 2 is 1.86 bits per heavy atom. The van der Waals surface area contributed by atoms with Gasteiger partial charge in [-0.3, -0.25) is 4.90 Å². The third kappa shape index (κ3) is 3.64. The highest BCUT2D eigenvalue weighted by atomic mass is 35.5. The highest BCUT2D eigenvalue weighted by molar-refractivity contribution is 7.13. The topological polar surface area (TPSA) is 19.4 Å². The molecule has 1 aromatic heterocycles. The number of benzene rings is 1. The Bertz CT molecular complexity index is 591. The summed E-state index contributed by atoms with van der Waals surface area (Å²) in [5.74, 6) is 0. The van der Waals surface area contributed by atoms with Crippen LogP contribution in [0.15, 0.2) is 29.6 Å². The quantitative estimate of drug-likeness (QED) is 0.857. The van der Waals surface area contributed by atoms with Gasteiger partial charge in [-0.2, -0.15) is 0 Å². The molecule has 0 bridgehead atoms. The van der Waals surface area contributed by atoms with Crippen molar-refractivity contribution in [3.63, 3.8) is 0 Å². The summed E-state index contributed by atoms with van der Waals surface area (Å²) in [6.07, 6.45) is 0. The van der Waals surface area contributed by atoms with Crippen molar-refractivity contribution < 1.29 is 0 Å². The van der Waals surface area contributed by atoms with Crippen LogP contribution < -0.4 is 0 Å². The van der Waals surface area contributed by atoms with E-state index in [1.54, 1.807) is 11.3 Å². The molecule has 0 radical (unpaired) electrons. The van der Waals surface area contributed by atoms with E-state index in [0.717, 1.165) is 60.6 Å². The van der Waals surface area contributed by atoms with Crippen LogP contribution >= 0.6 is 22.9 Å². The highest BCUT2D eigenvalue weighted by Crippen LogP contribution is 2.30. The molecule has 0 spiro atoms. The predicted molar refractivity (Wildman–Crippen MR) is 90.0 cm³/mol. The predicted octanol–water partition coefficient (Wildman–Crippen LogP) is 3.60. The van der Waals surface area contributed by atoms with Gasteiger partial charge in [0.15, 0.2) is 0 Å². The molecule has 2 heterocycles. The molecule has 0 N–H and O–H groups in total. The summed E-state index contributed by atoms with van der Waals surface area (Å²) in [5, 5.41) is 3.95. The number of halogens is 1. The molecule has 0 atom stereocenters. The van der Waals surface area contributed by atoms with Crippen molar-refractivity contribution in [1.82, 2.24) is 14.8 Å². The van der Waals surface area contributed by atoms with Crippen LogP contribution in [0, 0.1) is 0 Å². The minimum absolute atomic E-state index is 0.773. The number of hydrogen-bond acceptors (Lipinski definition) is 4. The highest BCUT2D eigenvalue weighted by Gasteiger charge is 2.17. The largest absolute Gasteiger partial charge is 0.301 e. The van der Waals surface area contributed by atoms with Crippen LogP contribution in [0.5, 0.6) is 0 Å². The van der Waals surface area contributed by atoms with Gasteiger partial charge in [0, 0.05) is 43.7 Å². The van der Waals surface area contributed by atoms with Crippen molar-refractivity contribution in [2.45, 2.75) is 13.5 Å². The van der Waals surface area contributed by atoms with Gasteiger partial charge in [-0.05, 0) is 12.6 Å². The Labute approximate surface area is 135 Å². The molecular formula is C16H20ClN3S. The Morgan fingerprint density at radius 1 is 1.14 bits per heavy atom. The SMILES string of the molecule is CCN1CCN(Cc2csc(-c3ccccc3Cl)n2)CC1. The lowest BCUT2D eigenvalue weighted by atomic mass is 10.2. The number of nitrogens with zero attached hydrogens (tertiary/aromatic N) is 3. The van der Waals surface area contributed by atoms with Gasteiger partial charge in [-0.25, -0.2) is 4.98 Å². The third-order valence-corrected chi connectivity index (χ3v) is 5.21. The Balaban J connectivity index is 1.65. The van der Waals surface area contributed by atoms with E-state index in [0.29, 0.717) is 0 Å². The number of piperazine rings is 1. The van der Waals surface area contributed by atoms with Crippen molar-refractivity contribution >= 4 is 22.9 Å². The molecule has 1 saturated heterocycles. The standard InChI is InChI=1S/C16H20ClN3S/c1-2-19-7-9-20(10-8-19)11-13-12-21-16(18-13)14-5-3-4-6-15(14)17/h3-6,12H,2,7-11H2,1H3. The van der Waals surface area contributed by atoms with E-state index >= 15 is 0 Å². The molecule has 3 nitrogen and oxygen atoms in total. The summed E-state index contributed by atoms with van der Waals surface area (Å²) >= 11 is 7.92.